The highest BCUT2D eigenvalue weighted by molar-refractivity contribution is 6.31. The average Bonchev–Trinajstić information content (AvgIpc) is 2.67. The molecule has 0 saturated heterocycles. The molecular formula is C21H20ClN5. The molecule has 2 N–H and O–H groups in total. The maximum absolute atomic E-state index is 10.0. The number of hydrogen-bond acceptors (Lipinski definition) is 5. The minimum atomic E-state index is -1.64. The molecule has 136 valence electrons. The molecule has 0 radical (unpaired) electrons. The normalized spacial score (nSPS) is 24.4. The lowest BCUT2D eigenvalue weighted by molar-refractivity contribution is 0.174. The molecule has 6 heteroatoms. The number of halogens is 1. The van der Waals surface area contributed by atoms with Crippen molar-refractivity contribution >= 4 is 11.6 Å². The average molecular weight is 378 g/mol. The number of nitrogens with two attached hydrogens (primary N) is 1. The summed E-state index contributed by atoms with van der Waals surface area (Å²) < 4.78 is 0. The zero-order valence-corrected chi connectivity index (χ0v) is 16.0. The Morgan fingerprint density at radius 3 is 2.44 bits per heavy atom. The van der Waals surface area contributed by atoms with Crippen LogP contribution in [-0.4, -0.2) is 24.0 Å². The fourth-order valence-electron chi connectivity index (χ4n) is 4.20. The first-order valence-electron chi connectivity index (χ1n) is 8.83. The Bertz CT molecular complexity index is 940. The van der Waals surface area contributed by atoms with Gasteiger partial charge in [0.25, 0.3) is 0 Å². The third-order valence-corrected chi connectivity index (χ3v) is 6.01. The van der Waals surface area contributed by atoms with Gasteiger partial charge < -0.3 is 5.73 Å². The molecule has 27 heavy (non-hydrogen) atoms. The predicted molar refractivity (Wildman–Crippen MR) is 103 cm³/mol. The summed E-state index contributed by atoms with van der Waals surface area (Å²) in [6, 6.07) is 13.9. The van der Waals surface area contributed by atoms with Crippen molar-refractivity contribution in [2.75, 3.05) is 13.1 Å². The van der Waals surface area contributed by atoms with Gasteiger partial charge >= 0.3 is 0 Å². The highest BCUT2D eigenvalue weighted by Crippen LogP contribution is 2.55. The topological polar surface area (TPSA) is 101 Å². The zero-order valence-electron chi connectivity index (χ0n) is 15.3. The van der Waals surface area contributed by atoms with E-state index in [9.17, 15) is 15.8 Å². The van der Waals surface area contributed by atoms with Crippen LogP contribution in [0.5, 0.6) is 0 Å². The van der Waals surface area contributed by atoms with E-state index in [-0.39, 0.29) is 17.2 Å². The fraction of sp³-hybridized carbons (Fsp3) is 0.381. The van der Waals surface area contributed by atoms with E-state index in [0.29, 0.717) is 29.7 Å². The van der Waals surface area contributed by atoms with Gasteiger partial charge in [-0.2, -0.15) is 15.8 Å². The minimum Gasteiger partial charge on any atom is -0.399 e. The summed E-state index contributed by atoms with van der Waals surface area (Å²) in [6.45, 7) is 5.53. The van der Waals surface area contributed by atoms with Crippen LogP contribution in [-0.2, 0) is 0 Å². The lowest BCUT2D eigenvalue weighted by atomic mass is 9.58. The van der Waals surface area contributed by atoms with Gasteiger partial charge in [0.05, 0.1) is 23.4 Å². The molecule has 0 amide bonds. The Labute approximate surface area is 164 Å². The van der Waals surface area contributed by atoms with Crippen molar-refractivity contribution in [2.24, 2.45) is 17.1 Å². The van der Waals surface area contributed by atoms with Gasteiger partial charge in [-0.1, -0.05) is 35.9 Å². The van der Waals surface area contributed by atoms with Crippen LogP contribution in [0.2, 0.25) is 5.02 Å². The van der Waals surface area contributed by atoms with Gasteiger partial charge in [0.1, 0.15) is 6.07 Å². The maximum Gasteiger partial charge on any atom is 0.191 e. The Balaban J connectivity index is 2.33. The van der Waals surface area contributed by atoms with Crippen molar-refractivity contribution in [1.82, 2.24) is 4.90 Å². The molecule has 1 aromatic carbocycles. The number of nitrogens with zero attached hydrogens (tertiary/aromatic N) is 4. The van der Waals surface area contributed by atoms with Crippen LogP contribution < -0.4 is 5.73 Å². The zero-order chi connectivity index (χ0) is 19.8. The van der Waals surface area contributed by atoms with Crippen molar-refractivity contribution in [1.29, 1.82) is 15.8 Å². The number of benzene rings is 1. The molecule has 0 aromatic heterocycles. The van der Waals surface area contributed by atoms with Gasteiger partial charge in [0, 0.05) is 36.0 Å². The molecule has 1 heterocycles. The highest BCUT2D eigenvalue weighted by atomic mass is 35.5. The van der Waals surface area contributed by atoms with Crippen molar-refractivity contribution in [3.8, 4) is 18.2 Å². The number of allylic oxidation sites excluding steroid dienone is 2. The lowest BCUT2D eigenvalue weighted by Gasteiger charge is -2.46. The fourth-order valence-corrected chi connectivity index (χ4v) is 4.45. The van der Waals surface area contributed by atoms with Crippen LogP contribution in [0.1, 0.15) is 25.3 Å². The van der Waals surface area contributed by atoms with Crippen LogP contribution >= 0.6 is 11.6 Å². The van der Waals surface area contributed by atoms with Crippen molar-refractivity contribution in [3.05, 3.63) is 57.8 Å². The molecule has 1 aliphatic carbocycles. The predicted octanol–water partition coefficient (Wildman–Crippen LogP) is 3.47. The maximum atomic E-state index is 10.0. The highest BCUT2D eigenvalue weighted by Gasteiger charge is 2.54. The summed E-state index contributed by atoms with van der Waals surface area (Å²) in [5.41, 5.74) is 6.46. The van der Waals surface area contributed by atoms with Crippen molar-refractivity contribution in [3.63, 3.8) is 0 Å². The van der Waals surface area contributed by atoms with Gasteiger partial charge in [0.2, 0.25) is 0 Å². The molecule has 5 nitrogen and oxygen atoms in total. The van der Waals surface area contributed by atoms with Gasteiger partial charge in [-0.15, -0.1) is 0 Å². The van der Waals surface area contributed by atoms with Crippen LogP contribution in [0.25, 0.3) is 0 Å². The van der Waals surface area contributed by atoms with E-state index in [4.69, 9.17) is 17.3 Å². The molecule has 1 aliphatic heterocycles. The minimum absolute atomic E-state index is 0.0282. The summed E-state index contributed by atoms with van der Waals surface area (Å²) in [6.07, 6.45) is 2.00. The molecule has 2 unspecified atom stereocenters. The molecular weight excluding hydrogens is 358 g/mol. The Kier molecular flexibility index (Phi) is 4.99. The Morgan fingerprint density at radius 2 is 1.89 bits per heavy atom. The summed E-state index contributed by atoms with van der Waals surface area (Å²) in [5, 5.41) is 30.3. The number of hydrogen-bond donors (Lipinski definition) is 1. The van der Waals surface area contributed by atoms with E-state index < -0.39 is 11.3 Å². The molecule has 1 aromatic rings. The smallest absolute Gasteiger partial charge is 0.191 e. The molecule has 0 fully saturated rings. The van der Waals surface area contributed by atoms with E-state index in [2.05, 4.69) is 37.0 Å². The van der Waals surface area contributed by atoms with E-state index in [0.717, 1.165) is 5.57 Å². The van der Waals surface area contributed by atoms with E-state index >= 15 is 0 Å². The molecule has 3 rings (SSSR count). The van der Waals surface area contributed by atoms with Gasteiger partial charge in [-0.25, -0.2) is 0 Å². The standard InChI is InChI=1S/C21H20ClN5/c1-13(2)27-8-7-14-16(9-23)20(26)21(11-24,12-25)19(17(14)10-27)15-5-3-4-6-18(15)22/h3-7,13,17,19H,8,10,26H2,1-2H3. The Hall–Kier alpha value is -2.78. The van der Waals surface area contributed by atoms with Gasteiger partial charge in [0.15, 0.2) is 5.41 Å². The number of nitriles is 3. The van der Waals surface area contributed by atoms with Crippen molar-refractivity contribution < 1.29 is 0 Å². The van der Waals surface area contributed by atoms with Gasteiger partial charge in [-0.3, -0.25) is 4.90 Å². The molecule has 0 bridgehead atoms. The van der Waals surface area contributed by atoms with Gasteiger partial charge in [-0.05, 0) is 31.1 Å². The summed E-state index contributed by atoms with van der Waals surface area (Å²) >= 11 is 6.47. The molecule has 2 atom stereocenters. The first-order valence-corrected chi connectivity index (χ1v) is 9.20. The van der Waals surface area contributed by atoms with Crippen LogP contribution in [0.15, 0.2) is 47.2 Å². The number of fused-ring (bicyclic) bond motifs is 1. The second-order valence-corrected chi connectivity index (χ2v) is 7.65. The quantitative estimate of drug-likeness (QED) is 0.850. The van der Waals surface area contributed by atoms with Crippen LogP contribution in [0.4, 0.5) is 0 Å². The summed E-state index contributed by atoms with van der Waals surface area (Å²) in [4.78, 5) is 2.26. The van der Waals surface area contributed by atoms with Crippen LogP contribution in [0.3, 0.4) is 0 Å². The largest absolute Gasteiger partial charge is 0.399 e. The summed E-state index contributed by atoms with van der Waals surface area (Å²) in [5.74, 6) is -0.770. The monoisotopic (exact) mass is 377 g/mol. The Morgan fingerprint density at radius 1 is 1.22 bits per heavy atom. The van der Waals surface area contributed by atoms with E-state index in [1.54, 1.807) is 6.07 Å². The first-order chi connectivity index (χ1) is 12.9. The molecule has 0 saturated carbocycles. The molecule has 0 spiro atoms. The second kappa shape index (κ2) is 7.09. The second-order valence-electron chi connectivity index (χ2n) is 7.24. The van der Waals surface area contributed by atoms with E-state index in [1.165, 1.54) is 0 Å². The van der Waals surface area contributed by atoms with Crippen LogP contribution in [0, 0.1) is 45.3 Å². The third-order valence-electron chi connectivity index (χ3n) is 5.66. The first kappa shape index (κ1) is 19.0. The third kappa shape index (κ3) is 2.79. The number of rotatable bonds is 2. The van der Waals surface area contributed by atoms with Crippen molar-refractivity contribution in [2.45, 2.75) is 25.8 Å². The SMILES string of the molecule is CC(C)N1CC=C2C(C#N)=C(N)C(C#N)(C#N)C(c3ccccc3Cl)C2C1. The summed E-state index contributed by atoms with van der Waals surface area (Å²) in [7, 11) is 0. The lowest BCUT2D eigenvalue weighted by Crippen LogP contribution is -2.49. The molecule has 2 aliphatic rings. The van der Waals surface area contributed by atoms with E-state index in [1.807, 2.05) is 24.3 Å².